The lowest BCUT2D eigenvalue weighted by molar-refractivity contribution is -0.137. The van der Waals surface area contributed by atoms with Gasteiger partial charge in [0.1, 0.15) is 0 Å². The second-order valence-corrected chi connectivity index (χ2v) is 8.60. The summed E-state index contributed by atoms with van der Waals surface area (Å²) in [6.45, 7) is 2.25. The number of aliphatic carboxylic acids is 1. The van der Waals surface area contributed by atoms with E-state index in [1.54, 1.807) is 11.8 Å². The summed E-state index contributed by atoms with van der Waals surface area (Å²) >= 11 is 7.30. The molecule has 0 aromatic heterocycles. The predicted molar refractivity (Wildman–Crippen MR) is 122 cm³/mol. The largest absolute Gasteiger partial charge is 0.481 e. The molecule has 1 aromatic carbocycles. The van der Waals surface area contributed by atoms with Gasteiger partial charge in [-0.1, -0.05) is 76.2 Å². The number of unbranched alkanes of at least 4 members (excludes halogenated alkanes) is 8. The zero-order valence-electron chi connectivity index (χ0n) is 16.7. The van der Waals surface area contributed by atoms with Gasteiger partial charge in [-0.05, 0) is 43.6 Å². The molecule has 0 radical (unpaired) electrons. The molecule has 0 atom stereocenters. The van der Waals surface area contributed by atoms with Crippen LogP contribution in [0.25, 0.3) is 0 Å². The maximum atomic E-state index is 10.6. The Bertz CT molecular complexity index is 549. The summed E-state index contributed by atoms with van der Waals surface area (Å²) in [7, 11) is 0. The van der Waals surface area contributed by atoms with Gasteiger partial charge in [-0.15, -0.1) is 11.8 Å². The first-order chi connectivity index (χ1) is 13.1. The van der Waals surface area contributed by atoms with Gasteiger partial charge in [-0.2, -0.15) is 0 Å². The fourth-order valence-corrected chi connectivity index (χ4v) is 4.16. The molecule has 27 heavy (non-hydrogen) atoms. The summed E-state index contributed by atoms with van der Waals surface area (Å²) in [5.41, 5.74) is 1.07. The van der Waals surface area contributed by atoms with E-state index in [0.29, 0.717) is 0 Å². The molecule has 0 heterocycles. The van der Waals surface area contributed by atoms with E-state index >= 15 is 0 Å². The van der Waals surface area contributed by atoms with Gasteiger partial charge in [-0.25, -0.2) is 0 Å². The predicted octanol–water partition coefficient (Wildman–Crippen LogP) is 7.30. The van der Waals surface area contributed by atoms with Crippen molar-refractivity contribution in [2.24, 2.45) is 0 Å². The zero-order chi connectivity index (χ0) is 19.7. The molecular weight excluding hydrogens is 374 g/mol. The standard InChI is InChI=1S/C22H35NO2S2/c1-2-3-4-5-6-7-8-9-16-21(26)23-19-14-10-11-15-20(19)27-18-13-12-17-22(24)25/h10-11,14-15H,2-9,12-13,16-18H2,1H3,(H,23,26)(H,24,25). The van der Waals surface area contributed by atoms with Gasteiger partial charge in [0.2, 0.25) is 0 Å². The molecule has 0 fully saturated rings. The second-order valence-electron chi connectivity index (χ2n) is 6.97. The molecule has 3 nitrogen and oxygen atoms in total. The van der Waals surface area contributed by atoms with E-state index in [0.717, 1.165) is 42.1 Å². The van der Waals surface area contributed by atoms with Crippen LogP contribution in [-0.4, -0.2) is 21.8 Å². The third-order valence-electron chi connectivity index (χ3n) is 4.46. The highest BCUT2D eigenvalue weighted by molar-refractivity contribution is 7.99. The van der Waals surface area contributed by atoms with Crippen molar-refractivity contribution in [2.45, 2.75) is 88.9 Å². The Labute approximate surface area is 174 Å². The number of carboxylic acids is 1. The van der Waals surface area contributed by atoms with Crippen LogP contribution in [0.5, 0.6) is 0 Å². The number of rotatable bonds is 16. The van der Waals surface area contributed by atoms with Gasteiger partial charge in [0, 0.05) is 11.3 Å². The van der Waals surface area contributed by atoms with E-state index in [1.807, 2.05) is 12.1 Å². The van der Waals surface area contributed by atoms with Crippen LogP contribution in [0.15, 0.2) is 29.2 Å². The quantitative estimate of drug-likeness (QED) is 0.170. The summed E-state index contributed by atoms with van der Waals surface area (Å²) < 4.78 is 0. The fourth-order valence-electron chi connectivity index (χ4n) is 2.89. The number of carboxylic acid groups (broad SMARTS) is 1. The number of benzene rings is 1. The summed E-state index contributed by atoms with van der Waals surface area (Å²) in [6.07, 6.45) is 13.3. The zero-order valence-corrected chi connectivity index (χ0v) is 18.3. The Balaban J connectivity index is 2.22. The smallest absolute Gasteiger partial charge is 0.303 e. The minimum absolute atomic E-state index is 0.253. The highest BCUT2D eigenvalue weighted by Gasteiger charge is 2.05. The summed E-state index contributed by atoms with van der Waals surface area (Å²) in [5, 5.41) is 12.1. The van der Waals surface area contributed by atoms with Crippen LogP contribution in [0.4, 0.5) is 5.69 Å². The molecular formula is C22H35NO2S2. The molecule has 1 aromatic rings. The average molecular weight is 410 g/mol. The Hall–Kier alpha value is -1.07. The van der Waals surface area contributed by atoms with Crippen molar-refractivity contribution in [3.05, 3.63) is 24.3 Å². The van der Waals surface area contributed by atoms with Crippen LogP contribution in [0.1, 0.15) is 84.0 Å². The van der Waals surface area contributed by atoms with Crippen LogP contribution in [-0.2, 0) is 4.79 Å². The highest BCUT2D eigenvalue weighted by Crippen LogP contribution is 2.28. The first-order valence-electron chi connectivity index (χ1n) is 10.4. The van der Waals surface area contributed by atoms with Gasteiger partial charge in [-0.3, -0.25) is 4.79 Å². The normalized spacial score (nSPS) is 10.7. The van der Waals surface area contributed by atoms with Crippen LogP contribution in [0.3, 0.4) is 0 Å². The molecule has 0 spiro atoms. The van der Waals surface area contributed by atoms with Gasteiger partial charge in [0.25, 0.3) is 0 Å². The van der Waals surface area contributed by atoms with Gasteiger partial charge in [0.05, 0.1) is 10.7 Å². The molecule has 5 heteroatoms. The lowest BCUT2D eigenvalue weighted by Gasteiger charge is -2.12. The number of anilines is 1. The molecule has 0 aliphatic rings. The summed E-state index contributed by atoms with van der Waals surface area (Å²) in [5.74, 6) is 0.213. The van der Waals surface area contributed by atoms with Crippen LogP contribution in [0.2, 0.25) is 0 Å². The number of carbonyl (C=O) groups is 1. The van der Waals surface area contributed by atoms with Gasteiger partial charge < -0.3 is 10.4 Å². The van der Waals surface area contributed by atoms with Crippen LogP contribution in [0, 0.1) is 0 Å². The summed E-state index contributed by atoms with van der Waals surface area (Å²) in [4.78, 5) is 12.7. The summed E-state index contributed by atoms with van der Waals surface area (Å²) in [6, 6.07) is 8.23. The van der Waals surface area contributed by atoms with Gasteiger partial charge in [0.15, 0.2) is 0 Å². The molecule has 2 N–H and O–H groups in total. The van der Waals surface area contributed by atoms with Crippen molar-refractivity contribution in [2.75, 3.05) is 11.1 Å². The lowest BCUT2D eigenvalue weighted by Crippen LogP contribution is -2.09. The Morgan fingerprint density at radius 1 is 0.963 bits per heavy atom. The molecule has 0 unspecified atom stereocenters. The number of para-hydroxylation sites is 1. The molecule has 0 aliphatic heterocycles. The Kier molecular flexibility index (Phi) is 14.1. The van der Waals surface area contributed by atoms with Crippen molar-refractivity contribution in [3.63, 3.8) is 0 Å². The highest BCUT2D eigenvalue weighted by atomic mass is 32.2. The number of thioether (sulfide) groups is 1. The Morgan fingerprint density at radius 3 is 2.30 bits per heavy atom. The van der Waals surface area contributed by atoms with Crippen molar-refractivity contribution in [3.8, 4) is 0 Å². The molecule has 0 saturated carbocycles. The van der Waals surface area contributed by atoms with Crippen molar-refractivity contribution in [1.82, 2.24) is 0 Å². The van der Waals surface area contributed by atoms with Crippen LogP contribution < -0.4 is 5.32 Å². The van der Waals surface area contributed by atoms with E-state index in [4.69, 9.17) is 17.3 Å². The molecule has 0 bridgehead atoms. The Morgan fingerprint density at radius 2 is 1.59 bits per heavy atom. The van der Waals surface area contributed by atoms with E-state index in [9.17, 15) is 4.79 Å². The minimum Gasteiger partial charge on any atom is -0.481 e. The monoisotopic (exact) mass is 409 g/mol. The second kappa shape index (κ2) is 15.9. The van der Waals surface area contributed by atoms with Crippen molar-refractivity contribution in [1.29, 1.82) is 0 Å². The molecule has 1 rings (SSSR count). The molecule has 152 valence electrons. The third-order valence-corrected chi connectivity index (χ3v) is 5.93. The molecule has 0 amide bonds. The van der Waals surface area contributed by atoms with Crippen LogP contribution >= 0.6 is 24.0 Å². The van der Waals surface area contributed by atoms with Crippen molar-refractivity contribution < 1.29 is 9.90 Å². The van der Waals surface area contributed by atoms with Crippen molar-refractivity contribution >= 4 is 40.6 Å². The van der Waals surface area contributed by atoms with E-state index < -0.39 is 5.97 Å². The first kappa shape index (κ1) is 24.0. The topological polar surface area (TPSA) is 49.3 Å². The molecule has 0 saturated heterocycles. The maximum Gasteiger partial charge on any atom is 0.303 e. The van der Waals surface area contributed by atoms with Gasteiger partial charge >= 0.3 is 5.97 Å². The first-order valence-corrected chi connectivity index (χ1v) is 11.8. The average Bonchev–Trinajstić information content (AvgIpc) is 2.64. The number of thiocarbonyl (C=S) groups is 1. The number of nitrogens with one attached hydrogen (secondary N) is 1. The molecule has 0 aliphatic carbocycles. The fraction of sp³-hybridized carbons (Fsp3) is 0.636. The van der Waals surface area contributed by atoms with E-state index in [-0.39, 0.29) is 6.42 Å². The SMILES string of the molecule is CCCCCCCCCCC(=S)Nc1ccccc1SCCCCC(=O)O. The van der Waals surface area contributed by atoms with E-state index in [1.165, 1.54) is 49.8 Å². The maximum absolute atomic E-state index is 10.6. The lowest BCUT2D eigenvalue weighted by atomic mass is 10.1. The third kappa shape index (κ3) is 12.9. The van der Waals surface area contributed by atoms with E-state index in [2.05, 4.69) is 24.4 Å². The number of hydrogen-bond acceptors (Lipinski definition) is 3. The number of hydrogen-bond donors (Lipinski definition) is 2. The minimum atomic E-state index is -0.714.